The number of rotatable bonds is 5. The molecule has 0 bridgehead atoms. The normalized spacial score (nSPS) is 14.8. The number of urea groups is 1. The molecule has 5 rings (SSSR count). The third-order valence-corrected chi connectivity index (χ3v) is 7.26. The Hall–Kier alpha value is -4.45. The second-order valence-corrected chi connectivity index (χ2v) is 10.6. The number of hydrogen-bond donors (Lipinski definition) is 1. The van der Waals surface area contributed by atoms with Crippen molar-refractivity contribution in [2.75, 3.05) is 16.0 Å². The number of halogens is 3. The number of nitrogens with zero attached hydrogens (tertiary/aromatic N) is 5. The molecule has 0 spiro atoms. The van der Waals surface area contributed by atoms with Gasteiger partial charge in [0.2, 0.25) is 5.91 Å². The van der Waals surface area contributed by atoms with Crippen LogP contribution in [0.4, 0.5) is 29.3 Å². The van der Waals surface area contributed by atoms with Gasteiger partial charge < -0.3 is 5.32 Å². The molecule has 0 aliphatic carbocycles. The van der Waals surface area contributed by atoms with Crippen LogP contribution in [0.1, 0.15) is 36.5 Å². The van der Waals surface area contributed by atoms with E-state index < -0.39 is 17.8 Å². The first kappa shape index (κ1) is 28.1. The number of carbonyl (C=O) groups excluding carboxylic acids is 2. The maximum absolute atomic E-state index is 13.1. The molecule has 1 aliphatic heterocycles. The number of amidine groups is 1. The van der Waals surface area contributed by atoms with Crippen molar-refractivity contribution in [1.29, 1.82) is 0 Å². The molecule has 2 heterocycles. The van der Waals surface area contributed by atoms with E-state index in [0.29, 0.717) is 22.2 Å². The molecule has 41 heavy (non-hydrogen) atoms. The number of alkyl halides is 3. The Morgan fingerprint density at radius 1 is 1.07 bits per heavy atom. The number of carbonyl (C=O) groups is 2. The first-order valence-electron chi connectivity index (χ1n) is 12.7. The van der Waals surface area contributed by atoms with Gasteiger partial charge >= 0.3 is 12.2 Å². The van der Waals surface area contributed by atoms with Crippen LogP contribution in [-0.4, -0.2) is 37.6 Å². The van der Waals surface area contributed by atoms with E-state index >= 15 is 0 Å². The summed E-state index contributed by atoms with van der Waals surface area (Å²) in [7, 11) is 0. The summed E-state index contributed by atoms with van der Waals surface area (Å²) in [6.07, 6.45) is -3.13. The molecule has 1 N–H and O–H groups in total. The van der Waals surface area contributed by atoms with E-state index in [-0.39, 0.29) is 23.3 Å². The lowest BCUT2D eigenvalue weighted by molar-refractivity contribution is -0.137. The minimum absolute atomic E-state index is 0.143. The molecule has 0 saturated carbocycles. The minimum Gasteiger partial charge on any atom is -0.306 e. The summed E-state index contributed by atoms with van der Waals surface area (Å²) >= 11 is 1.21. The highest BCUT2D eigenvalue weighted by molar-refractivity contribution is 8.15. The second kappa shape index (κ2) is 11.2. The summed E-state index contributed by atoms with van der Waals surface area (Å²) in [5, 5.41) is 7.30. The number of amides is 3. The van der Waals surface area contributed by atoms with Crippen molar-refractivity contribution < 1.29 is 22.8 Å². The number of nitrogens with one attached hydrogen (secondary N) is 1. The highest BCUT2D eigenvalue weighted by Gasteiger charge is 2.33. The van der Waals surface area contributed by atoms with Crippen molar-refractivity contribution in [2.45, 2.75) is 32.9 Å². The van der Waals surface area contributed by atoms with E-state index in [4.69, 9.17) is 0 Å². The highest BCUT2D eigenvalue weighted by Crippen LogP contribution is 2.34. The van der Waals surface area contributed by atoms with E-state index in [1.807, 2.05) is 39.0 Å². The predicted octanol–water partition coefficient (Wildman–Crippen LogP) is 7.05. The van der Waals surface area contributed by atoms with Crippen molar-refractivity contribution >= 4 is 40.2 Å². The largest absolute Gasteiger partial charge is 0.416 e. The number of thioether (sulfide) groups is 1. The monoisotopic (exact) mass is 578 g/mol. The van der Waals surface area contributed by atoms with Crippen LogP contribution in [0.15, 0.2) is 78.0 Å². The standard InChI is InChI=1S/C29H25F3N6O2S/c1-17(2)23-12-7-18(3)13-24(23)38-25(39)15-41-28(38)35-27(40)34-21-10-8-19(9-11-21)26-33-16-37(36-26)22-6-4-5-20(14-22)29(30,31)32/h4-14,16-17H,15H2,1-3H3,(H,34,40)/b35-28-. The van der Waals surface area contributed by atoms with Gasteiger partial charge in [-0.15, -0.1) is 5.10 Å². The smallest absolute Gasteiger partial charge is 0.306 e. The Balaban J connectivity index is 1.31. The van der Waals surface area contributed by atoms with E-state index in [1.165, 1.54) is 39.8 Å². The molecule has 8 nitrogen and oxygen atoms in total. The Bertz CT molecular complexity index is 1650. The van der Waals surface area contributed by atoms with Crippen molar-refractivity contribution in [3.8, 4) is 17.1 Å². The molecule has 12 heteroatoms. The van der Waals surface area contributed by atoms with E-state index in [0.717, 1.165) is 28.9 Å². The molecule has 3 amide bonds. The molecule has 1 fully saturated rings. The van der Waals surface area contributed by atoms with Crippen molar-refractivity contribution in [3.05, 3.63) is 89.7 Å². The average Bonchev–Trinajstić information content (AvgIpc) is 3.55. The van der Waals surface area contributed by atoms with Gasteiger partial charge in [-0.2, -0.15) is 18.2 Å². The fourth-order valence-electron chi connectivity index (χ4n) is 4.30. The molecule has 0 radical (unpaired) electrons. The fraction of sp³-hybridized carbons (Fsp3) is 0.207. The number of aromatic nitrogens is 3. The van der Waals surface area contributed by atoms with Crippen LogP contribution in [0.2, 0.25) is 0 Å². The van der Waals surface area contributed by atoms with Crippen LogP contribution in [0.3, 0.4) is 0 Å². The Morgan fingerprint density at radius 3 is 2.54 bits per heavy atom. The highest BCUT2D eigenvalue weighted by atomic mass is 32.2. The molecular weight excluding hydrogens is 553 g/mol. The van der Waals surface area contributed by atoms with E-state index in [2.05, 4.69) is 20.4 Å². The molecule has 3 aromatic carbocycles. The SMILES string of the molecule is Cc1ccc(C(C)C)c(N2C(=O)CS/C2=N\C(=O)Nc2ccc(-c3ncn(-c4cccc(C(F)(F)F)c4)n3)cc2)c1. The van der Waals surface area contributed by atoms with Gasteiger partial charge in [0, 0.05) is 11.3 Å². The van der Waals surface area contributed by atoms with Crippen LogP contribution in [0.25, 0.3) is 17.1 Å². The van der Waals surface area contributed by atoms with Gasteiger partial charge in [0.25, 0.3) is 0 Å². The number of hydrogen-bond acceptors (Lipinski definition) is 5. The Kier molecular flexibility index (Phi) is 7.68. The number of anilines is 2. The Labute approximate surface area is 238 Å². The van der Waals surface area contributed by atoms with E-state index in [9.17, 15) is 22.8 Å². The molecule has 0 atom stereocenters. The van der Waals surface area contributed by atoms with Crippen LogP contribution >= 0.6 is 11.8 Å². The topological polar surface area (TPSA) is 92.5 Å². The summed E-state index contributed by atoms with van der Waals surface area (Å²) in [6, 6.07) is 16.7. The summed E-state index contributed by atoms with van der Waals surface area (Å²) in [5.74, 6) is 0.516. The van der Waals surface area contributed by atoms with Crippen molar-refractivity contribution in [1.82, 2.24) is 14.8 Å². The zero-order chi connectivity index (χ0) is 29.3. The summed E-state index contributed by atoms with van der Waals surface area (Å²) in [6.45, 7) is 6.03. The molecule has 4 aromatic rings. The van der Waals surface area contributed by atoms with Gasteiger partial charge in [0.15, 0.2) is 11.0 Å². The number of aryl methyl sites for hydroxylation is 1. The van der Waals surface area contributed by atoms with Gasteiger partial charge in [-0.1, -0.05) is 43.8 Å². The van der Waals surface area contributed by atoms with Gasteiger partial charge in [0.1, 0.15) is 6.33 Å². The summed E-state index contributed by atoms with van der Waals surface area (Å²) in [5.41, 5.74) is 3.21. The molecule has 210 valence electrons. The molecule has 1 aromatic heterocycles. The molecular formula is C29H25F3N6O2S. The van der Waals surface area contributed by atoms with Crippen LogP contribution in [-0.2, 0) is 11.0 Å². The zero-order valence-corrected chi connectivity index (χ0v) is 23.1. The quantitative estimate of drug-likeness (QED) is 0.274. The van der Waals surface area contributed by atoms with Crippen molar-refractivity contribution in [2.24, 2.45) is 4.99 Å². The zero-order valence-electron chi connectivity index (χ0n) is 22.3. The van der Waals surface area contributed by atoms with Gasteiger partial charge in [-0.25, -0.2) is 14.5 Å². The second-order valence-electron chi connectivity index (χ2n) is 9.70. The fourth-order valence-corrected chi connectivity index (χ4v) is 5.16. The van der Waals surface area contributed by atoms with E-state index in [1.54, 1.807) is 24.3 Å². The molecule has 1 saturated heterocycles. The van der Waals surface area contributed by atoms with Crippen LogP contribution in [0.5, 0.6) is 0 Å². The number of benzene rings is 3. The lowest BCUT2D eigenvalue weighted by Crippen LogP contribution is -2.31. The maximum atomic E-state index is 13.1. The van der Waals surface area contributed by atoms with Gasteiger partial charge in [-0.05, 0) is 72.5 Å². The third kappa shape index (κ3) is 6.17. The summed E-state index contributed by atoms with van der Waals surface area (Å²) < 4.78 is 40.5. The lowest BCUT2D eigenvalue weighted by atomic mass is 9.99. The Morgan fingerprint density at radius 2 is 1.83 bits per heavy atom. The van der Waals surface area contributed by atoms with Gasteiger partial charge in [0.05, 0.1) is 22.7 Å². The predicted molar refractivity (Wildman–Crippen MR) is 153 cm³/mol. The van der Waals surface area contributed by atoms with Crippen LogP contribution < -0.4 is 10.2 Å². The average molecular weight is 579 g/mol. The maximum Gasteiger partial charge on any atom is 0.416 e. The number of aliphatic imine (C=N–C) groups is 1. The molecule has 1 aliphatic rings. The third-order valence-electron chi connectivity index (χ3n) is 6.34. The lowest BCUT2D eigenvalue weighted by Gasteiger charge is -2.22. The summed E-state index contributed by atoms with van der Waals surface area (Å²) in [4.78, 5) is 35.4. The van der Waals surface area contributed by atoms with Crippen molar-refractivity contribution in [3.63, 3.8) is 0 Å². The van der Waals surface area contributed by atoms with Crippen LogP contribution in [0, 0.1) is 6.92 Å². The first-order valence-corrected chi connectivity index (χ1v) is 13.6. The van der Waals surface area contributed by atoms with Gasteiger partial charge in [-0.3, -0.25) is 9.69 Å². The first-order chi connectivity index (χ1) is 19.5. The minimum atomic E-state index is -4.47. The molecule has 0 unspecified atom stereocenters.